The molecule has 0 unspecified atom stereocenters. The molecular weight excluding hydrogens is 355 g/mol. The molecule has 0 radical (unpaired) electrons. The quantitative estimate of drug-likeness (QED) is 0.604. The lowest BCUT2D eigenvalue weighted by Crippen LogP contribution is -2.30. The lowest BCUT2D eigenvalue weighted by molar-refractivity contribution is -0.117. The largest absolute Gasteiger partial charge is 0.506 e. The number of nitrogens with zero attached hydrogens (tertiary/aromatic N) is 3. The standard InChI is InChI=1S/C13H13FN6O4S/c1-15-10-2-3-16-13(18-10)17-7-4-8(14)12(9(21)5-7)20-6-11(22)19-25(20,23)24/h2-5,21H,6H2,1H3,(H,19,22)(H2,15,16,17,18). The molecular formula is C13H13FN6O4S. The molecule has 1 aromatic carbocycles. The minimum Gasteiger partial charge on any atom is -0.506 e. The molecule has 2 heterocycles. The van der Waals surface area contributed by atoms with Gasteiger partial charge in [-0.2, -0.15) is 13.4 Å². The van der Waals surface area contributed by atoms with Gasteiger partial charge < -0.3 is 15.7 Å². The molecule has 1 aliphatic rings. The number of rotatable bonds is 4. The molecule has 132 valence electrons. The number of anilines is 4. The Morgan fingerprint density at radius 3 is 2.76 bits per heavy atom. The van der Waals surface area contributed by atoms with Gasteiger partial charge >= 0.3 is 10.2 Å². The van der Waals surface area contributed by atoms with Gasteiger partial charge in [0.1, 0.15) is 23.8 Å². The van der Waals surface area contributed by atoms with Gasteiger partial charge in [0, 0.05) is 25.0 Å². The van der Waals surface area contributed by atoms with Gasteiger partial charge in [-0.15, -0.1) is 0 Å². The molecule has 25 heavy (non-hydrogen) atoms. The number of hydrogen-bond donors (Lipinski definition) is 4. The number of amides is 1. The first kappa shape index (κ1) is 16.7. The first-order valence-corrected chi connectivity index (χ1v) is 8.38. The first-order chi connectivity index (χ1) is 11.8. The van der Waals surface area contributed by atoms with E-state index in [-0.39, 0.29) is 11.6 Å². The van der Waals surface area contributed by atoms with Crippen LogP contribution in [0.15, 0.2) is 24.4 Å². The first-order valence-electron chi connectivity index (χ1n) is 6.94. The lowest BCUT2D eigenvalue weighted by Gasteiger charge is -2.18. The number of aromatic hydroxyl groups is 1. The van der Waals surface area contributed by atoms with Crippen molar-refractivity contribution in [3.63, 3.8) is 0 Å². The average molecular weight is 368 g/mol. The SMILES string of the molecule is CNc1ccnc(Nc2cc(O)c(N3CC(=O)NS3(=O)=O)c(F)c2)n1. The van der Waals surface area contributed by atoms with E-state index in [1.807, 2.05) is 0 Å². The normalized spacial score (nSPS) is 15.8. The number of carbonyl (C=O) groups is 1. The van der Waals surface area contributed by atoms with Crippen molar-refractivity contribution in [1.82, 2.24) is 14.7 Å². The summed E-state index contributed by atoms with van der Waals surface area (Å²) in [7, 11) is -2.57. The Labute approximate surface area is 141 Å². The van der Waals surface area contributed by atoms with Crippen LogP contribution in [0.4, 0.5) is 27.5 Å². The fourth-order valence-corrected chi connectivity index (χ4v) is 3.41. The number of phenols is 1. The molecule has 10 nitrogen and oxygen atoms in total. The van der Waals surface area contributed by atoms with Gasteiger partial charge in [-0.25, -0.2) is 18.4 Å². The molecule has 0 spiro atoms. The molecule has 1 amide bonds. The van der Waals surface area contributed by atoms with Crippen molar-refractivity contribution in [3.05, 3.63) is 30.2 Å². The monoisotopic (exact) mass is 368 g/mol. The Balaban J connectivity index is 1.94. The predicted molar refractivity (Wildman–Crippen MR) is 87.3 cm³/mol. The molecule has 4 N–H and O–H groups in total. The molecule has 2 aromatic rings. The maximum atomic E-state index is 14.4. The van der Waals surface area contributed by atoms with E-state index in [9.17, 15) is 22.7 Å². The van der Waals surface area contributed by atoms with Gasteiger partial charge in [-0.3, -0.25) is 4.79 Å². The number of halogens is 1. The summed E-state index contributed by atoms with van der Waals surface area (Å²) >= 11 is 0. The van der Waals surface area contributed by atoms with Crippen molar-refractivity contribution in [2.75, 3.05) is 28.5 Å². The Morgan fingerprint density at radius 2 is 2.16 bits per heavy atom. The van der Waals surface area contributed by atoms with Crippen LogP contribution in [0.3, 0.4) is 0 Å². The Kier molecular flexibility index (Phi) is 4.04. The second kappa shape index (κ2) is 6.05. The number of carbonyl (C=O) groups excluding carboxylic acids is 1. The number of phenolic OH excluding ortho intramolecular Hbond substituents is 1. The minimum atomic E-state index is -4.23. The van der Waals surface area contributed by atoms with E-state index in [0.717, 1.165) is 12.1 Å². The van der Waals surface area contributed by atoms with Crippen LogP contribution in [0, 0.1) is 5.82 Å². The van der Waals surface area contributed by atoms with E-state index in [0.29, 0.717) is 10.1 Å². The van der Waals surface area contributed by atoms with Crippen LogP contribution in [0.25, 0.3) is 0 Å². The lowest BCUT2D eigenvalue weighted by atomic mass is 10.2. The van der Waals surface area contributed by atoms with Crippen LogP contribution < -0.4 is 19.7 Å². The summed E-state index contributed by atoms with van der Waals surface area (Å²) in [5.74, 6) is -1.85. The summed E-state index contributed by atoms with van der Waals surface area (Å²) in [6.45, 7) is -0.618. The second-order valence-corrected chi connectivity index (χ2v) is 6.60. The molecule has 1 saturated heterocycles. The summed E-state index contributed by atoms with van der Waals surface area (Å²) < 4.78 is 40.1. The summed E-state index contributed by atoms with van der Waals surface area (Å²) in [6, 6.07) is 3.68. The Bertz CT molecular complexity index is 928. The number of nitrogens with one attached hydrogen (secondary N) is 3. The fraction of sp³-hybridized carbons (Fsp3) is 0.154. The van der Waals surface area contributed by atoms with Gasteiger partial charge in [0.15, 0.2) is 5.82 Å². The Morgan fingerprint density at radius 1 is 1.40 bits per heavy atom. The number of benzene rings is 1. The van der Waals surface area contributed by atoms with Crippen LogP contribution in [-0.2, 0) is 15.0 Å². The third kappa shape index (κ3) is 3.24. The van der Waals surface area contributed by atoms with E-state index in [4.69, 9.17) is 0 Å². The van der Waals surface area contributed by atoms with Gasteiger partial charge in [0.05, 0.1) is 0 Å². The molecule has 0 aliphatic carbocycles. The zero-order valence-corrected chi connectivity index (χ0v) is 13.6. The number of hydrogen-bond acceptors (Lipinski definition) is 8. The van der Waals surface area contributed by atoms with Gasteiger partial charge in [0.2, 0.25) is 5.95 Å². The second-order valence-electron chi connectivity index (χ2n) is 5.00. The maximum Gasteiger partial charge on any atom is 0.326 e. The van der Waals surface area contributed by atoms with Crippen LogP contribution in [0.2, 0.25) is 0 Å². The van der Waals surface area contributed by atoms with Crippen LogP contribution in [0.1, 0.15) is 0 Å². The van der Waals surface area contributed by atoms with Crippen LogP contribution in [0.5, 0.6) is 5.75 Å². The predicted octanol–water partition coefficient (Wildman–Crippen LogP) is 0.288. The molecule has 12 heteroatoms. The molecule has 0 saturated carbocycles. The highest BCUT2D eigenvalue weighted by molar-refractivity contribution is 7.92. The van der Waals surface area contributed by atoms with Crippen LogP contribution >= 0.6 is 0 Å². The van der Waals surface area contributed by atoms with Crippen LogP contribution in [-0.4, -0.2) is 43.0 Å². The fourth-order valence-electron chi connectivity index (χ4n) is 2.24. The highest BCUT2D eigenvalue weighted by atomic mass is 32.2. The Hall–Kier alpha value is -3.15. The van der Waals surface area contributed by atoms with E-state index < -0.39 is 39.9 Å². The zero-order chi connectivity index (χ0) is 18.2. The van der Waals surface area contributed by atoms with Gasteiger partial charge in [0.25, 0.3) is 5.91 Å². The smallest absolute Gasteiger partial charge is 0.326 e. The van der Waals surface area contributed by atoms with E-state index in [1.54, 1.807) is 17.8 Å². The minimum absolute atomic E-state index is 0.0999. The highest BCUT2D eigenvalue weighted by Crippen LogP contribution is 2.36. The van der Waals surface area contributed by atoms with Crippen molar-refractivity contribution >= 4 is 39.3 Å². The number of aromatic nitrogens is 2. The topological polar surface area (TPSA) is 137 Å². The van der Waals surface area contributed by atoms with Crippen molar-refractivity contribution in [1.29, 1.82) is 0 Å². The summed E-state index contributed by atoms with van der Waals surface area (Å²) in [6.07, 6.45) is 1.47. The van der Waals surface area contributed by atoms with Crippen molar-refractivity contribution in [3.8, 4) is 5.75 Å². The third-order valence-corrected chi connectivity index (χ3v) is 4.66. The molecule has 1 fully saturated rings. The highest BCUT2D eigenvalue weighted by Gasteiger charge is 2.37. The van der Waals surface area contributed by atoms with Gasteiger partial charge in [-0.05, 0) is 12.1 Å². The average Bonchev–Trinajstić information content (AvgIpc) is 2.79. The van der Waals surface area contributed by atoms with E-state index in [2.05, 4.69) is 20.6 Å². The summed E-state index contributed by atoms with van der Waals surface area (Å²) in [5.41, 5.74) is -0.517. The van der Waals surface area contributed by atoms with Crippen molar-refractivity contribution < 1.29 is 22.7 Å². The molecule has 1 aromatic heterocycles. The molecule has 0 atom stereocenters. The summed E-state index contributed by atoms with van der Waals surface area (Å²) in [4.78, 5) is 19.3. The summed E-state index contributed by atoms with van der Waals surface area (Å²) in [5, 5.41) is 15.6. The van der Waals surface area contributed by atoms with E-state index >= 15 is 0 Å². The molecule has 1 aliphatic heterocycles. The molecule has 0 bridgehead atoms. The van der Waals surface area contributed by atoms with Gasteiger partial charge in [-0.1, -0.05) is 0 Å². The third-order valence-electron chi connectivity index (χ3n) is 3.28. The maximum absolute atomic E-state index is 14.4. The van der Waals surface area contributed by atoms with E-state index in [1.165, 1.54) is 6.20 Å². The molecule has 3 rings (SSSR count). The van der Waals surface area contributed by atoms with Crippen molar-refractivity contribution in [2.45, 2.75) is 0 Å². The zero-order valence-electron chi connectivity index (χ0n) is 12.8. The van der Waals surface area contributed by atoms with Crippen molar-refractivity contribution in [2.24, 2.45) is 0 Å².